The molecular weight excluding hydrogens is 196 g/mol. The van der Waals surface area contributed by atoms with Crippen LogP contribution in [0.2, 0.25) is 0 Å². The van der Waals surface area contributed by atoms with E-state index in [4.69, 9.17) is 0 Å². The van der Waals surface area contributed by atoms with Gasteiger partial charge in [-0.2, -0.15) is 0 Å². The van der Waals surface area contributed by atoms with E-state index in [1.807, 2.05) is 32.9 Å². The molecule has 0 aliphatic heterocycles. The molecule has 1 radical (unpaired) electrons. The molecule has 1 rings (SSSR count). The zero-order chi connectivity index (χ0) is 12.3. The van der Waals surface area contributed by atoms with E-state index >= 15 is 0 Å². The largest absolute Gasteiger partial charge is 0.227 e. The molecule has 0 bridgehead atoms. The van der Waals surface area contributed by atoms with Gasteiger partial charge in [0.25, 0.3) is 0 Å². The van der Waals surface area contributed by atoms with Crippen molar-refractivity contribution >= 4 is 0 Å². The summed E-state index contributed by atoms with van der Waals surface area (Å²) in [6.07, 6.45) is 0.444. The van der Waals surface area contributed by atoms with E-state index in [0.29, 0.717) is 5.92 Å². The van der Waals surface area contributed by atoms with Crippen molar-refractivity contribution in [2.45, 2.75) is 47.1 Å². The maximum absolute atomic E-state index is 12.1. The van der Waals surface area contributed by atoms with Crippen molar-refractivity contribution in [2.24, 2.45) is 11.3 Å². The lowest BCUT2D eigenvalue weighted by Crippen LogP contribution is -2.16. The first-order chi connectivity index (χ1) is 7.30. The Morgan fingerprint density at radius 3 is 1.94 bits per heavy atom. The van der Waals surface area contributed by atoms with Crippen molar-refractivity contribution < 1.29 is 5.11 Å². The minimum Gasteiger partial charge on any atom is -0.227 e. The van der Waals surface area contributed by atoms with E-state index in [9.17, 15) is 5.11 Å². The first-order valence-corrected chi connectivity index (χ1v) is 6.05. The molecular formula is C15H23O. The van der Waals surface area contributed by atoms with Crippen LogP contribution in [0.4, 0.5) is 0 Å². The van der Waals surface area contributed by atoms with Gasteiger partial charge in [0.1, 0.15) is 6.10 Å². The highest BCUT2D eigenvalue weighted by Crippen LogP contribution is 2.33. The van der Waals surface area contributed by atoms with Crippen molar-refractivity contribution in [1.29, 1.82) is 0 Å². The molecule has 16 heavy (non-hydrogen) atoms. The number of benzene rings is 1. The minimum absolute atomic E-state index is 0.209. The van der Waals surface area contributed by atoms with E-state index in [2.05, 4.69) is 26.0 Å². The second kappa shape index (κ2) is 5.01. The lowest BCUT2D eigenvalue weighted by molar-refractivity contribution is -0.00151. The lowest BCUT2D eigenvalue weighted by atomic mass is 9.84. The normalized spacial score (nSPS) is 14.2. The molecule has 0 fully saturated rings. The first-order valence-electron chi connectivity index (χ1n) is 6.05. The quantitative estimate of drug-likeness (QED) is 0.718. The van der Waals surface area contributed by atoms with Gasteiger partial charge in [0.15, 0.2) is 0 Å². The van der Waals surface area contributed by atoms with Crippen LogP contribution in [0.1, 0.15) is 51.8 Å². The van der Waals surface area contributed by atoms with E-state index in [-0.39, 0.29) is 5.41 Å². The summed E-state index contributed by atoms with van der Waals surface area (Å²) in [4.78, 5) is 0. The molecule has 1 aromatic carbocycles. The average Bonchev–Trinajstić information content (AvgIpc) is 2.15. The van der Waals surface area contributed by atoms with Crippen LogP contribution in [0.15, 0.2) is 24.3 Å². The predicted octanol–water partition coefficient (Wildman–Crippen LogP) is 4.40. The van der Waals surface area contributed by atoms with Gasteiger partial charge in [-0.05, 0) is 28.9 Å². The molecule has 0 spiro atoms. The highest BCUT2D eigenvalue weighted by atomic mass is 16.3. The fourth-order valence-corrected chi connectivity index (χ4v) is 1.80. The Kier molecular flexibility index (Phi) is 4.15. The third-order valence-electron chi connectivity index (χ3n) is 2.71. The molecule has 0 saturated carbocycles. The van der Waals surface area contributed by atoms with Crippen LogP contribution >= 0.6 is 0 Å². The van der Waals surface area contributed by atoms with Crippen LogP contribution in [-0.4, -0.2) is 0 Å². The van der Waals surface area contributed by atoms with E-state index < -0.39 is 6.10 Å². The molecule has 0 aliphatic rings. The predicted molar refractivity (Wildman–Crippen MR) is 67.9 cm³/mol. The Labute approximate surface area is 99.5 Å². The van der Waals surface area contributed by atoms with Gasteiger partial charge in [0.2, 0.25) is 0 Å². The molecule has 89 valence electrons. The van der Waals surface area contributed by atoms with Crippen LogP contribution in [0.5, 0.6) is 0 Å². The maximum Gasteiger partial charge on any atom is 0.123 e. The fourth-order valence-electron chi connectivity index (χ4n) is 1.80. The lowest BCUT2D eigenvalue weighted by Gasteiger charge is -2.24. The highest BCUT2D eigenvalue weighted by Gasteiger charge is 2.25. The second-order valence-corrected chi connectivity index (χ2v) is 6.09. The molecule has 0 aliphatic carbocycles. The number of rotatable bonds is 3. The summed E-state index contributed by atoms with van der Waals surface area (Å²) in [5.41, 5.74) is 2.01. The van der Waals surface area contributed by atoms with Gasteiger partial charge in [-0.1, -0.05) is 58.9 Å². The van der Waals surface area contributed by atoms with Crippen molar-refractivity contribution in [1.82, 2.24) is 0 Å². The SMILES string of the molecule is CC(C)Cc1ccc(C([O])C(C)(C)C)cc1. The molecule has 0 heterocycles. The summed E-state index contributed by atoms with van der Waals surface area (Å²) in [6.45, 7) is 10.4. The average molecular weight is 219 g/mol. The van der Waals surface area contributed by atoms with Gasteiger partial charge < -0.3 is 0 Å². The maximum atomic E-state index is 12.1. The Bertz CT molecular complexity index is 316. The van der Waals surface area contributed by atoms with Crippen LogP contribution in [0, 0.1) is 11.3 Å². The van der Waals surface area contributed by atoms with Crippen molar-refractivity contribution in [3.05, 3.63) is 35.4 Å². The smallest absolute Gasteiger partial charge is 0.123 e. The van der Waals surface area contributed by atoms with Crippen LogP contribution in [0.25, 0.3) is 0 Å². The molecule has 1 heteroatoms. The van der Waals surface area contributed by atoms with Gasteiger partial charge in [0.05, 0.1) is 0 Å². The Hall–Kier alpha value is -0.820. The van der Waals surface area contributed by atoms with E-state index in [1.165, 1.54) is 5.56 Å². The molecule has 1 atom stereocenters. The zero-order valence-electron chi connectivity index (χ0n) is 11.1. The van der Waals surface area contributed by atoms with Gasteiger partial charge in [-0.3, -0.25) is 0 Å². The first kappa shape index (κ1) is 13.2. The standard InChI is InChI=1S/C15H23O/c1-11(2)10-12-6-8-13(9-7-12)14(16)15(3,4)5/h6-9,11,14H,10H2,1-5H3. The van der Waals surface area contributed by atoms with E-state index in [1.54, 1.807) is 0 Å². The van der Waals surface area contributed by atoms with E-state index in [0.717, 1.165) is 12.0 Å². The summed E-state index contributed by atoms with van der Waals surface area (Å²) < 4.78 is 0. The fraction of sp³-hybridized carbons (Fsp3) is 0.600. The second-order valence-electron chi connectivity index (χ2n) is 6.09. The third kappa shape index (κ3) is 3.64. The van der Waals surface area contributed by atoms with Gasteiger partial charge in [0, 0.05) is 0 Å². The van der Waals surface area contributed by atoms with Gasteiger partial charge in [-0.15, -0.1) is 0 Å². The number of hydrogen-bond donors (Lipinski definition) is 0. The summed E-state index contributed by atoms with van der Waals surface area (Å²) in [5, 5.41) is 12.1. The Morgan fingerprint density at radius 1 is 1.06 bits per heavy atom. The molecule has 1 nitrogen and oxygen atoms in total. The third-order valence-corrected chi connectivity index (χ3v) is 2.71. The number of hydrogen-bond acceptors (Lipinski definition) is 0. The van der Waals surface area contributed by atoms with Crippen LogP contribution < -0.4 is 0 Å². The highest BCUT2D eigenvalue weighted by molar-refractivity contribution is 5.25. The Balaban J connectivity index is 2.79. The van der Waals surface area contributed by atoms with Crippen molar-refractivity contribution in [2.75, 3.05) is 0 Å². The topological polar surface area (TPSA) is 19.9 Å². The summed E-state index contributed by atoms with van der Waals surface area (Å²) in [7, 11) is 0. The monoisotopic (exact) mass is 219 g/mol. The Morgan fingerprint density at radius 2 is 1.56 bits per heavy atom. The molecule has 1 unspecified atom stereocenters. The summed E-state index contributed by atoms with van der Waals surface area (Å²) in [6, 6.07) is 8.15. The molecule has 0 aromatic heterocycles. The molecule has 0 saturated heterocycles. The van der Waals surface area contributed by atoms with Crippen molar-refractivity contribution in [3.8, 4) is 0 Å². The van der Waals surface area contributed by atoms with Crippen LogP contribution in [-0.2, 0) is 11.5 Å². The summed E-state index contributed by atoms with van der Waals surface area (Å²) in [5.74, 6) is 0.663. The minimum atomic E-state index is -0.638. The summed E-state index contributed by atoms with van der Waals surface area (Å²) >= 11 is 0. The van der Waals surface area contributed by atoms with Crippen LogP contribution in [0.3, 0.4) is 0 Å². The van der Waals surface area contributed by atoms with Gasteiger partial charge in [-0.25, -0.2) is 5.11 Å². The van der Waals surface area contributed by atoms with Crippen molar-refractivity contribution in [3.63, 3.8) is 0 Å². The molecule has 0 amide bonds. The van der Waals surface area contributed by atoms with Gasteiger partial charge >= 0.3 is 0 Å². The molecule has 1 aromatic rings. The molecule has 0 N–H and O–H groups in total. The zero-order valence-corrected chi connectivity index (χ0v) is 11.1.